The average molecular weight is 257 g/mol. The van der Waals surface area contributed by atoms with Crippen molar-refractivity contribution in [1.82, 2.24) is 10.3 Å². The highest BCUT2D eigenvalue weighted by atomic mass is 32.1. The van der Waals surface area contributed by atoms with Crippen LogP contribution in [0, 0.1) is 6.92 Å². The number of rotatable bonds is 4. The van der Waals surface area contributed by atoms with E-state index in [4.69, 9.17) is 5.11 Å². The van der Waals surface area contributed by atoms with Gasteiger partial charge in [0.2, 0.25) is 0 Å². The van der Waals surface area contributed by atoms with Crippen molar-refractivity contribution in [3.05, 3.63) is 11.1 Å². The Balaban J connectivity index is 2.50. The van der Waals surface area contributed by atoms with E-state index < -0.39 is 17.9 Å². The van der Waals surface area contributed by atoms with Crippen LogP contribution in [0.4, 0.5) is 5.13 Å². The molecular formula is C10H15N3O3S. The van der Waals surface area contributed by atoms with E-state index in [9.17, 15) is 9.59 Å². The molecule has 1 heterocycles. The van der Waals surface area contributed by atoms with Gasteiger partial charge in [0, 0.05) is 5.38 Å². The molecular weight excluding hydrogens is 242 g/mol. The van der Waals surface area contributed by atoms with E-state index in [0.717, 1.165) is 5.69 Å². The number of carbonyl (C=O) groups excluding carboxylic acids is 2. The minimum atomic E-state index is -0.772. The Morgan fingerprint density at radius 2 is 2.24 bits per heavy atom. The van der Waals surface area contributed by atoms with E-state index in [-0.39, 0.29) is 6.61 Å². The predicted octanol–water partition coefficient (Wildman–Crippen LogP) is 0.277. The molecule has 7 heteroatoms. The summed E-state index contributed by atoms with van der Waals surface area (Å²) < 4.78 is 0. The Morgan fingerprint density at radius 3 is 2.71 bits per heavy atom. The molecule has 0 radical (unpaired) electrons. The first-order valence-corrected chi connectivity index (χ1v) is 6.09. The molecule has 6 nitrogen and oxygen atoms in total. The van der Waals surface area contributed by atoms with Crippen LogP contribution in [-0.4, -0.2) is 34.6 Å². The standard InChI is InChI=1S/C10H15N3O3S/c1-3-7(4-14)12-8(15)9(16)13-10-11-6(2)5-17-10/h5,7,14H,3-4H2,1-2H3,(H,12,15)(H,11,13,16). The molecule has 2 amide bonds. The van der Waals surface area contributed by atoms with E-state index in [0.29, 0.717) is 11.6 Å². The summed E-state index contributed by atoms with van der Waals surface area (Å²) >= 11 is 1.25. The van der Waals surface area contributed by atoms with E-state index >= 15 is 0 Å². The second-order valence-corrected chi connectivity index (χ2v) is 4.37. The van der Waals surface area contributed by atoms with E-state index in [2.05, 4.69) is 15.6 Å². The maximum Gasteiger partial charge on any atom is 0.315 e. The van der Waals surface area contributed by atoms with Crippen molar-refractivity contribution in [2.75, 3.05) is 11.9 Å². The van der Waals surface area contributed by atoms with Crippen LogP contribution in [-0.2, 0) is 9.59 Å². The zero-order valence-electron chi connectivity index (χ0n) is 9.69. The summed E-state index contributed by atoms with van der Waals surface area (Å²) in [6.07, 6.45) is 0.561. The molecule has 0 saturated carbocycles. The van der Waals surface area contributed by atoms with Gasteiger partial charge in [0.1, 0.15) is 0 Å². The zero-order valence-corrected chi connectivity index (χ0v) is 10.5. The first kappa shape index (κ1) is 13.6. The number of anilines is 1. The third-order valence-corrected chi connectivity index (χ3v) is 2.97. The number of hydrogen-bond donors (Lipinski definition) is 3. The number of aliphatic hydroxyl groups is 1. The van der Waals surface area contributed by atoms with Crippen LogP contribution in [0.5, 0.6) is 0 Å². The summed E-state index contributed by atoms with van der Waals surface area (Å²) in [5.41, 5.74) is 0.785. The number of aromatic nitrogens is 1. The largest absolute Gasteiger partial charge is 0.394 e. The van der Waals surface area contributed by atoms with Gasteiger partial charge in [0.05, 0.1) is 18.3 Å². The number of amides is 2. The molecule has 0 aliphatic rings. The van der Waals surface area contributed by atoms with Crippen LogP contribution in [0.15, 0.2) is 5.38 Å². The van der Waals surface area contributed by atoms with Crippen LogP contribution in [0.3, 0.4) is 0 Å². The van der Waals surface area contributed by atoms with Crippen LogP contribution in [0.1, 0.15) is 19.0 Å². The van der Waals surface area contributed by atoms with E-state index in [1.807, 2.05) is 6.92 Å². The van der Waals surface area contributed by atoms with Crippen LogP contribution >= 0.6 is 11.3 Å². The predicted molar refractivity (Wildman–Crippen MR) is 64.8 cm³/mol. The highest BCUT2D eigenvalue weighted by molar-refractivity contribution is 7.14. The summed E-state index contributed by atoms with van der Waals surface area (Å²) in [6, 6.07) is -0.397. The summed E-state index contributed by atoms with van der Waals surface area (Å²) in [4.78, 5) is 26.9. The highest BCUT2D eigenvalue weighted by Gasteiger charge is 2.18. The number of carbonyl (C=O) groups is 2. The van der Waals surface area contributed by atoms with Gasteiger partial charge < -0.3 is 10.4 Å². The maximum atomic E-state index is 11.5. The molecule has 1 rings (SSSR count). The molecule has 0 saturated heterocycles. The fraction of sp³-hybridized carbons (Fsp3) is 0.500. The summed E-state index contributed by atoms with van der Waals surface area (Å²) in [7, 11) is 0. The molecule has 17 heavy (non-hydrogen) atoms. The van der Waals surface area contributed by atoms with Gasteiger partial charge in [-0.3, -0.25) is 14.9 Å². The third kappa shape index (κ3) is 4.12. The van der Waals surface area contributed by atoms with Crippen molar-refractivity contribution >= 4 is 28.3 Å². The Morgan fingerprint density at radius 1 is 1.53 bits per heavy atom. The molecule has 0 aliphatic heterocycles. The summed E-state index contributed by atoms with van der Waals surface area (Å²) in [5.74, 6) is -1.54. The lowest BCUT2D eigenvalue weighted by atomic mass is 10.2. The molecule has 0 aliphatic carbocycles. The Hall–Kier alpha value is -1.47. The van der Waals surface area contributed by atoms with Gasteiger partial charge in [-0.05, 0) is 13.3 Å². The van der Waals surface area contributed by atoms with Crippen molar-refractivity contribution in [3.8, 4) is 0 Å². The molecule has 0 aromatic carbocycles. The fourth-order valence-corrected chi connectivity index (χ4v) is 1.78. The van der Waals surface area contributed by atoms with Crippen molar-refractivity contribution < 1.29 is 14.7 Å². The lowest BCUT2D eigenvalue weighted by Gasteiger charge is -2.12. The minimum absolute atomic E-state index is 0.189. The molecule has 3 N–H and O–H groups in total. The van der Waals surface area contributed by atoms with Gasteiger partial charge in [0.25, 0.3) is 0 Å². The Labute approximate surface area is 103 Å². The molecule has 1 atom stereocenters. The van der Waals surface area contributed by atoms with Crippen LogP contribution in [0.2, 0.25) is 0 Å². The van der Waals surface area contributed by atoms with Gasteiger partial charge in [-0.2, -0.15) is 0 Å². The minimum Gasteiger partial charge on any atom is -0.394 e. The molecule has 1 unspecified atom stereocenters. The van der Waals surface area contributed by atoms with Gasteiger partial charge in [-0.15, -0.1) is 11.3 Å². The molecule has 0 spiro atoms. The van der Waals surface area contributed by atoms with Gasteiger partial charge in [-0.1, -0.05) is 6.92 Å². The van der Waals surface area contributed by atoms with Crippen molar-refractivity contribution in [1.29, 1.82) is 0 Å². The fourth-order valence-electron chi connectivity index (χ4n) is 1.09. The number of aryl methyl sites for hydroxylation is 1. The summed E-state index contributed by atoms with van der Waals surface area (Å²) in [6.45, 7) is 3.42. The summed E-state index contributed by atoms with van der Waals surface area (Å²) in [5, 5.41) is 15.9. The number of thiazole rings is 1. The van der Waals surface area contributed by atoms with Crippen molar-refractivity contribution in [2.24, 2.45) is 0 Å². The first-order chi connectivity index (χ1) is 8.06. The first-order valence-electron chi connectivity index (χ1n) is 5.21. The molecule has 1 aromatic heterocycles. The molecule has 0 bridgehead atoms. The second kappa shape index (κ2) is 6.31. The number of nitrogens with one attached hydrogen (secondary N) is 2. The topological polar surface area (TPSA) is 91.3 Å². The monoisotopic (exact) mass is 257 g/mol. The smallest absolute Gasteiger partial charge is 0.315 e. The maximum absolute atomic E-state index is 11.5. The van der Waals surface area contributed by atoms with E-state index in [1.54, 1.807) is 12.3 Å². The normalized spacial score (nSPS) is 11.9. The number of hydrogen-bond acceptors (Lipinski definition) is 5. The quantitative estimate of drug-likeness (QED) is 0.675. The second-order valence-electron chi connectivity index (χ2n) is 3.51. The highest BCUT2D eigenvalue weighted by Crippen LogP contribution is 2.13. The third-order valence-electron chi connectivity index (χ3n) is 2.09. The van der Waals surface area contributed by atoms with Gasteiger partial charge in [0.15, 0.2) is 5.13 Å². The van der Waals surface area contributed by atoms with Gasteiger partial charge >= 0.3 is 11.8 Å². The lowest BCUT2D eigenvalue weighted by Crippen LogP contribution is -2.43. The SMILES string of the molecule is CCC(CO)NC(=O)C(=O)Nc1nc(C)cs1. The van der Waals surface area contributed by atoms with Crippen molar-refractivity contribution in [3.63, 3.8) is 0 Å². The number of nitrogens with zero attached hydrogens (tertiary/aromatic N) is 1. The van der Waals surface area contributed by atoms with Gasteiger partial charge in [-0.25, -0.2) is 4.98 Å². The van der Waals surface area contributed by atoms with Crippen LogP contribution < -0.4 is 10.6 Å². The zero-order chi connectivity index (χ0) is 12.8. The molecule has 94 valence electrons. The van der Waals surface area contributed by atoms with E-state index in [1.165, 1.54) is 11.3 Å². The Kier molecular flexibility index (Phi) is 5.05. The average Bonchev–Trinajstić information content (AvgIpc) is 2.71. The lowest BCUT2D eigenvalue weighted by molar-refractivity contribution is -0.136. The van der Waals surface area contributed by atoms with Crippen molar-refractivity contribution in [2.45, 2.75) is 26.3 Å². The van der Waals surface area contributed by atoms with Crippen LogP contribution in [0.25, 0.3) is 0 Å². The molecule has 0 fully saturated rings. The molecule has 1 aromatic rings. The Bertz CT molecular complexity index is 401. The number of aliphatic hydroxyl groups excluding tert-OH is 1.